The minimum absolute atomic E-state index is 0.298. The van der Waals surface area contributed by atoms with Crippen LogP contribution in [0, 0.1) is 51.0 Å². The highest BCUT2D eigenvalue weighted by molar-refractivity contribution is 6.09. The molecule has 2 atom stereocenters. The molecule has 0 N–H and O–H groups in total. The number of aryl methyl sites for hydroxylation is 4. The third-order valence-corrected chi connectivity index (χ3v) is 21.1. The molecule has 0 saturated carbocycles. The number of hydrogen-bond donors (Lipinski definition) is 0. The molecular formula is C94H66F4N2O. The molecule has 3 nitrogen and oxygen atoms in total. The quantitative estimate of drug-likeness (QED) is 0.101. The van der Waals surface area contributed by atoms with Gasteiger partial charge in [-0.05, 0) is 284 Å². The maximum atomic E-state index is 15.3. The summed E-state index contributed by atoms with van der Waals surface area (Å²) in [5.41, 5.74) is 27.3. The molecule has 17 rings (SSSR count). The van der Waals surface area contributed by atoms with Gasteiger partial charge in [-0.1, -0.05) is 183 Å². The van der Waals surface area contributed by atoms with E-state index in [-0.39, 0.29) is 23.3 Å². The van der Waals surface area contributed by atoms with Crippen LogP contribution in [-0.2, 0) is 10.8 Å². The van der Waals surface area contributed by atoms with Crippen molar-refractivity contribution in [2.75, 3.05) is 9.80 Å². The molecule has 101 heavy (non-hydrogen) atoms. The van der Waals surface area contributed by atoms with E-state index < -0.39 is 10.8 Å². The molecule has 15 aromatic rings. The van der Waals surface area contributed by atoms with Gasteiger partial charge in [-0.15, -0.1) is 0 Å². The van der Waals surface area contributed by atoms with E-state index in [1.165, 1.54) is 24.3 Å². The number of furan rings is 1. The topological polar surface area (TPSA) is 19.6 Å². The maximum Gasteiger partial charge on any atom is 0.135 e. The second-order valence-corrected chi connectivity index (χ2v) is 26.8. The van der Waals surface area contributed by atoms with Crippen molar-refractivity contribution in [2.45, 2.75) is 38.5 Å². The molecule has 1 aromatic heterocycles. The summed E-state index contributed by atoms with van der Waals surface area (Å²) in [6, 6.07) is 96.6. The molecule has 0 saturated heterocycles. The molecule has 0 fully saturated rings. The fourth-order valence-electron chi connectivity index (χ4n) is 16.4. The Bertz CT molecular complexity index is 5480. The van der Waals surface area contributed by atoms with Crippen LogP contribution in [0.1, 0.15) is 77.9 Å². The molecule has 0 amide bonds. The monoisotopic (exact) mass is 1310 g/mol. The third-order valence-electron chi connectivity index (χ3n) is 21.1. The summed E-state index contributed by atoms with van der Waals surface area (Å²) >= 11 is 0. The Labute approximate surface area is 585 Å². The van der Waals surface area contributed by atoms with Crippen molar-refractivity contribution in [3.63, 3.8) is 0 Å². The van der Waals surface area contributed by atoms with Gasteiger partial charge in [-0.2, -0.15) is 0 Å². The van der Waals surface area contributed by atoms with Crippen molar-refractivity contribution < 1.29 is 22.0 Å². The van der Waals surface area contributed by atoms with E-state index in [0.29, 0.717) is 11.2 Å². The molecule has 2 aliphatic carbocycles. The van der Waals surface area contributed by atoms with Gasteiger partial charge in [0.25, 0.3) is 0 Å². The Morgan fingerprint density at radius 3 is 0.980 bits per heavy atom. The lowest BCUT2D eigenvalue weighted by atomic mass is 9.67. The van der Waals surface area contributed by atoms with Crippen molar-refractivity contribution in [2.24, 2.45) is 0 Å². The lowest BCUT2D eigenvalue weighted by Crippen LogP contribution is -2.29. The number of anilines is 6. The molecule has 0 bridgehead atoms. The minimum Gasteiger partial charge on any atom is -0.456 e. The largest absolute Gasteiger partial charge is 0.456 e. The predicted molar refractivity (Wildman–Crippen MR) is 408 cm³/mol. The number of nitrogens with zero attached hydrogens (tertiary/aromatic N) is 2. The lowest BCUT2D eigenvalue weighted by molar-refractivity contribution is 0.624. The van der Waals surface area contributed by atoms with E-state index in [0.717, 1.165) is 167 Å². The van der Waals surface area contributed by atoms with Crippen molar-refractivity contribution in [1.82, 2.24) is 0 Å². The molecule has 0 radical (unpaired) electrons. The van der Waals surface area contributed by atoms with Crippen LogP contribution in [0.2, 0.25) is 0 Å². The first-order chi connectivity index (χ1) is 49.2. The van der Waals surface area contributed by atoms with Gasteiger partial charge in [0.1, 0.15) is 34.4 Å². The van der Waals surface area contributed by atoms with E-state index in [1.807, 2.05) is 60.7 Å². The summed E-state index contributed by atoms with van der Waals surface area (Å²) in [4.78, 5) is 4.67. The highest BCUT2D eigenvalue weighted by Crippen LogP contribution is 2.60. The number of hydrogen-bond acceptors (Lipinski definition) is 3. The van der Waals surface area contributed by atoms with Gasteiger partial charge < -0.3 is 14.2 Å². The maximum absolute atomic E-state index is 15.3. The number of rotatable bonds is 14. The van der Waals surface area contributed by atoms with E-state index in [4.69, 9.17) is 4.42 Å². The first-order valence-corrected chi connectivity index (χ1v) is 34.0. The first kappa shape index (κ1) is 62.2. The third kappa shape index (κ3) is 10.0. The average molecular weight is 1320 g/mol. The second-order valence-electron chi connectivity index (χ2n) is 26.8. The Hall–Kier alpha value is -12.3. The van der Waals surface area contributed by atoms with Crippen LogP contribution >= 0.6 is 0 Å². The summed E-state index contributed by atoms with van der Waals surface area (Å²) in [5.74, 6) is -1.23. The zero-order chi connectivity index (χ0) is 69.0. The highest BCUT2D eigenvalue weighted by Gasteiger charge is 2.48. The molecule has 7 heteroatoms. The zero-order valence-electron chi connectivity index (χ0n) is 56.1. The Morgan fingerprint density at radius 1 is 0.297 bits per heavy atom. The Balaban J connectivity index is 0.888. The van der Waals surface area contributed by atoms with Crippen LogP contribution in [0.4, 0.5) is 51.7 Å². The van der Waals surface area contributed by atoms with Gasteiger partial charge in [0, 0.05) is 44.9 Å². The normalized spacial score (nSPS) is 14.9. The van der Waals surface area contributed by atoms with Gasteiger partial charge in [0.15, 0.2) is 0 Å². The fourth-order valence-corrected chi connectivity index (χ4v) is 16.4. The van der Waals surface area contributed by atoms with Crippen molar-refractivity contribution >= 4 is 68.2 Å². The zero-order valence-corrected chi connectivity index (χ0v) is 56.1. The Morgan fingerprint density at radius 2 is 0.614 bits per heavy atom. The van der Waals surface area contributed by atoms with Crippen LogP contribution in [0.5, 0.6) is 0 Å². The summed E-state index contributed by atoms with van der Waals surface area (Å²) in [5, 5.41) is 1.78. The molecule has 486 valence electrons. The minimum atomic E-state index is -0.869. The molecule has 1 heterocycles. The smallest absolute Gasteiger partial charge is 0.135 e. The number of fused-ring (bicyclic) bond motifs is 9. The van der Waals surface area contributed by atoms with Gasteiger partial charge in [-0.25, -0.2) is 17.6 Å². The fraction of sp³-hybridized carbons (Fsp3) is 0.0638. The van der Waals surface area contributed by atoms with Crippen molar-refractivity contribution in [1.29, 1.82) is 0 Å². The lowest BCUT2D eigenvalue weighted by Gasteiger charge is -2.35. The second kappa shape index (κ2) is 24.3. The van der Waals surface area contributed by atoms with E-state index in [9.17, 15) is 8.78 Å². The van der Waals surface area contributed by atoms with Gasteiger partial charge in [0.05, 0.1) is 10.8 Å². The SMILES string of the molecule is C=Cc1ccc(C2(c3ccc(F)cc3)c3ccccc3-c3ccc(N(c4ccc5oc6ccc(N(c7ccc8c(c7)C(c7ccc(F)cc7)(c7ccc(C=C)cc7)c7ccccc7-8)c7cc(C)c(-c8ccc(F)cc8)cc7C)cc6c5c4)c4cc(C)c(-c5ccc(F)cc5)cc4C)cc32)cc1. The predicted octanol–water partition coefficient (Wildman–Crippen LogP) is 25.7. The average Bonchev–Trinajstić information content (AvgIpc) is 1.56. The summed E-state index contributed by atoms with van der Waals surface area (Å²) < 4.78 is 66.5. The van der Waals surface area contributed by atoms with E-state index in [2.05, 4.69) is 245 Å². The number of benzene rings is 14. The van der Waals surface area contributed by atoms with Gasteiger partial charge in [-0.3, -0.25) is 0 Å². The summed E-state index contributed by atoms with van der Waals surface area (Å²) in [7, 11) is 0. The Kier molecular flexibility index (Phi) is 15.0. The van der Waals surface area contributed by atoms with Gasteiger partial charge >= 0.3 is 0 Å². The van der Waals surface area contributed by atoms with Gasteiger partial charge in [0.2, 0.25) is 0 Å². The van der Waals surface area contributed by atoms with Crippen LogP contribution in [0.3, 0.4) is 0 Å². The molecule has 14 aromatic carbocycles. The highest BCUT2D eigenvalue weighted by atomic mass is 19.1. The molecule has 0 spiro atoms. The summed E-state index contributed by atoms with van der Waals surface area (Å²) in [6.45, 7) is 16.6. The summed E-state index contributed by atoms with van der Waals surface area (Å²) in [6.07, 6.45) is 3.70. The van der Waals surface area contributed by atoms with Crippen molar-refractivity contribution in [3.8, 4) is 44.5 Å². The van der Waals surface area contributed by atoms with Crippen molar-refractivity contribution in [3.05, 3.63) is 406 Å². The van der Waals surface area contributed by atoms with Crippen LogP contribution in [-0.4, -0.2) is 0 Å². The molecule has 2 unspecified atom stereocenters. The van der Waals surface area contributed by atoms with Crippen LogP contribution in [0.25, 0.3) is 78.6 Å². The molecular weight excluding hydrogens is 1250 g/mol. The van der Waals surface area contributed by atoms with E-state index >= 15 is 8.78 Å². The molecule has 2 aliphatic rings. The van der Waals surface area contributed by atoms with Crippen LogP contribution in [0.15, 0.2) is 309 Å². The van der Waals surface area contributed by atoms with Crippen LogP contribution < -0.4 is 9.80 Å². The van der Waals surface area contributed by atoms with E-state index in [1.54, 1.807) is 24.3 Å². The molecule has 0 aliphatic heterocycles. The standard InChI is InChI=1S/C94H66F4N2O/c1-7-61-17-25-65(26-18-61)93(67-29-37-71(97)38-30-67)85-15-11-9-13-77(85)79-45-41-75(55-87(79)93)99(89-51-57(3)81(49-59(89)5)63-21-33-69(95)34-22-63)73-43-47-91-83(53-73)84-54-74(44-48-92(84)101-91)100(90-52-58(4)82(50-60(90)6)64-23-35-70(96)36-24-64)76-42-46-80-78-14-10-12-16-86(78)94(88(80)56-76,68-31-39-72(98)40-32-68)66-27-19-62(8-2)20-28-66/h7-56H,1-2H2,3-6H3. The number of halogens is 4. The first-order valence-electron chi connectivity index (χ1n) is 34.0.